The largest absolute Gasteiger partial charge is 0.448 e. The van der Waals surface area contributed by atoms with Gasteiger partial charge in [0.15, 0.2) is 16.7 Å². The highest BCUT2D eigenvalue weighted by molar-refractivity contribution is 14.1. The van der Waals surface area contributed by atoms with Gasteiger partial charge in [-0.2, -0.15) is 0 Å². The predicted octanol–water partition coefficient (Wildman–Crippen LogP) is 3.41. The third-order valence-corrected chi connectivity index (χ3v) is 17.5. The fourth-order valence-corrected chi connectivity index (χ4v) is 11.8. The van der Waals surface area contributed by atoms with Gasteiger partial charge in [-0.1, -0.05) is 36.4 Å². The fourth-order valence-electron chi connectivity index (χ4n) is 11.2. The van der Waals surface area contributed by atoms with Crippen LogP contribution in [0, 0.1) is 17.8 Å². The number of rotatable bonds is 17. The zero-order chi connectivity index (χ0) is 55.2. The van der Waals surface area contributed by atoms with Crippen molar-refractivity contribution in [1.82, 2.24) is 45.1 Å². The minimum absolute atomic E-state index is 0.104. The van der Waals surface area contributed by atoms with Gasteiger partial charge in [0, 0.05) is 70.3 Å². The van der Waals surface area contributed by atoms with Crippen molar-refractivity contribution in [3.63, 3.8) is 0 Å². The standard InChI is InChI=1S/C53H88IN9O12/c1-31-25-51(7,68)47(33(3)44(73-42-26-52(8,70-13)46(66)36(6)72-42)34(4)48(67)75-50(54)53(9,69)45(65)35(5)61(12)28-31)74-49-43(64)41(24-32(2)71-49)60(11)23-21-38-29-62(58-56-38)22-15-14-16-37-17-19-40(20-18-37)63-30-39(27-55-10)57-59-63/h17-20,29-36,41-47,49-50,55,64-66,68-69H,14-16,21-28H2,1-13H3/t31-,32-,33+,34-,35-,36+,41+,42+,43-,44+,45-,46+,47-,49+,50+,51-,52-,53+/m1/s1. The van der Waals surface area contributed by atoms with E-state index in [1.807, 2.05) is 86.5 Å². The summed E-state index contributed by atoms with van der Waals surface area (Å²) in [5.41, 5.74) is -0.602. The molecule has 0 unspecified atom stereocenters. The molecule has 21 nitrogen and oxygen atoms in total. The Morgan fingerprint density at radius 1 is 0.907 bits per heavy atom. The molecule has 0 aliphatic carbocycles. The lowest BCUT2D eigenvalue weighted by molar-refractivity contribution is -0.318. The van der Waals surface area contributed by atoms with Crippen LogP contribution >= 0.6 is 22.6 Å². The van der Waals surface area contributed by atoms with Crippen molar-refractivity contribution in [1.29, 1.82) is 0 Å². The number of ether oxygens (including phenoxy) is 6. The number of unbranched alkanes of at least 4 members (excludes halogenated alkanes) is 1. The summed E-state index contributed by atoms with van der Waals surface area (Å²) in [7, 11) is 7.18. The van der Waals surface area contributed by atoms with Crippen molar-refractivity contribution < 1.29 is 58.7 Å². The van der Waals surface area contributed by atoms with Gasteiger partial charge in [-0.3, -0.25) is 9.48 Å². The number of halogens is 1. The Morgan fingerprint density at radius 2 is 1.60 bits per heavy atom. The molecule has 424 valence electrons. The number of carbonyl (C=O) groups is 1. The summed E-state index contributed by atoms with van der Waals surface area (Å²) in [6.45, 7) is 18.1. The number of cyclic esters (lactones) is 1. The summed E-state index contributed by atoms with van der Waals surface area (Å²) in [5, 5.41) is 79.8. The van der Waals surface area contributed by atoms with Gasteiger partial charge in [-0.25, -0.2) is 4.68 Å². The average Bonchev–Trinajstić information content (AvgIpc) is 4.04. The number of alkyl halides is 1. The van der Waals surface area contributed by atoms with Crippen molar-refractivity contribution in [3.8, 4) is 5.69 Å². The Balaban J connectivity index is 1.15. The number of methoxy groups -OCH3 is 1. The Hall–Kier alpha value is -2.82. The van der Waals surface area contributed by atoms with E-state index in [1.54, 1.807) is 39.3 Å². The number of esters is 1. The molecule has 3 aromatic rings. The lowest BCUT2D eigenvalue weighted by Gasteiger charge is -2.49. The van der Waals surface area contributed by atoms with Crippen LogP contribution in [-0.2, 0) is 59.1 Å². The lowest BCUT2D eigenvalue weighted by atomic mass is 9.77. The zero-order valence-corrected chi connectivity index (χ0v) is 48.6. The van der Waals surface area contributed by atoms with Crippen LogP contribution in [0.1, 0.15) is 111 Å². The average molecular weight is 1170 g/mol. The topological polar surface area (TPSA) is 254 Å². The maximum absolute atomic E-state index is 14.4. The number of aliphatic hydroxyl groups excluding tert-OH is 3. The van der Waals surface area contributed by atoms with Crippen LogP contribution in [0.4, 0.5) is 0 Å². The quantitative estimate of drug-likeness (QED) is 0.0490. The third kappa shape index (κ3) is 15.3. The first-order valence-corrected chi connectivity index (χ1v) is 28.0. The smallest absolute Gasteiger partial charge is 0.312 e. The number of aromatic nitrogens is 6. The van der Waals surface area contributed by atoms with Gasteiger partial charge < -0.3 is 69.1 Å². The second-order valence-corrected chi connectivity index (χ2v) is 23.8. The first-order chi connectivity index (χ1) is 35.3. The van der Waals surface area contributed by atoms with E-state index in [0.29, 0.717) is 32.5 Å². The second-order valence-electron chi connectivity index (χ2n) is 22.6. The van der Waals surface area contributed by atoms with Crippen molar-refractivity contribution in [2.75, 3.05) is 41.3 Å². The molecule has 18 atom stereocenters. The van der Waals surface area contributed by atoms with Gasteiger partial charge in [0.2, 0.25) is 0 Å². The van der Waals surface area contributed by atoms with Gasteiger partial charge in [-0.15, -0.1) is 10.2 Å². The molecule has 2 aromatic heterocycles. The molecule has 3 aliphatic rings. The van der Waals surface area contributed by atoms with Crippen LogP contribution in [0.2, 0.25) is 0 Å². The van der Waals surface area contributed by atoms with Gasteiger partial charge in [0.25, 0.3) is 0 Å². The predicted molar refractivity (Wildman–Crippen MR) is 288 cm³/mol. The normalized spacial score (nSPS) is 38.0. The molecule has 5 heterocycles. The maximum atomic E-state index is 14.4. The van der Waals surface area contributed by atoms with E-state index >= 15 is 0 Å². The van der Waals surface area contributed by atoms with Crippen LogP contribution in [0.3, 0.4) is 0 Å². The number of benzene rings is 1. The zero-order valence-electron chi connectivity index (χ0n) is 46.5. The summed E-state index contributed by atoms with van der Waals surface area (Å²) in [4.78, 5) is 18.3. The number of hydrogen-bond donors (Lipinski definition) is 6. The van der Waals surface area contributed by atoms with Crippen molar-refractivity contribution in [2.45, 2.75) is 209 Å². The van der Waals surface area contributed by atoms with E-state index in [9.17, 15) is 30.3 Å². The highest BCUT2D eigenvalue weighted by Crippen LogP contribution is 2.40. The van der Waals surface area contributed by atoms with Gasteiger partial charge in [0.1, 0.15) is 23.9 Å². The Morgan fingerprint density at radius 3 is 2.28 bits per heavy atom. The molecule has 1 aromatic carbocycles. The molecule has 0 saturated carbocycles. The molecule has 0 spiro atoms. The highest BCUT2D eigenvalue weighted by Gasteiger charge is 2.53. The maximum Gasteiger partial charge on any atom is 0.312 e. The molecule has 0 amide bonds. The molecule has 0 radical (unpaired) electrons. The molecular weight excluding hydrogens is 1080 g/mol. The lowest BCUT2D eigenvalue weighted by Crippen LogP contribution is -2.60. The summed E-state index contributed by atoms with van der Waals surface area (Å²) < 4.78 is 40.6. The summed E-state index contributed by atoms with van der Waals surface area (Å²) >= 11 is 1.83. The first-order valence-electron chi connectivity index (χ1n) is 26.7. The molecule has 3 fully saturated rings. The number of carbonyl (C=O) groups excluding carboxylic acids is 1. The first kappa shape index (κ1) is 61.4. The number of aryl methyl sites for hydroxylation is 2. The van der Waals surface area contributed by atoms with Crippen LogP contribution < -0.4 is 5.32 Å². The van der Waals surface area contributed by atoms with E-state index in [2.05, 4.69) is 55.1 Å². The minimum atomic E-state index is -1.86. The van der Waals surface area contributed by atoms with Crippen LogP contribution in [0.25, 0.3) is 5.69 Å². The minimum Gasteiger partial charge on any atom is -0.448 e. The van der Waals surface area contributed by atoms with Crippen LogP contribution in [0.15, 0.2) is 36.7 Å². The fraction of sp³-hybridized carbons (Fsp3) is 0.792. The molecule has 3 saturated heterocycles. The van der Waals surface area contributed by atoms with Gasteiger partial charge >= 0.3 is 5.97 Å². The van der Waals surface area contributed by atoms with E-state index in [1.165, 1.54) is 19.6 Å². The van der Waals surface area contributed by atoms with E-state index in [0.717, 1.165) is 42.9 Å². The number of nitrogens with one attached hydrogen (secondary N) is 1. The Bertz CT molecular complexity index is 2240. The van der Waals surface area contributed by atoms with E-state index < -0.39 is 100 Å². The molecule has 75 heavy (non-hydrogen) atoms. The molecular formula is C53H88IN9O12. The van der Waals surface area contributed by atoms with Crippen molar-refractivity contribution in [2.24, 2.45) is 17.8 Å². The van der Waals surface area contributed by atoms with Gasteiger partial charge in [0.05, 0.1) is 64.8 Å². The van der Waals surface area contributed by atoms with Crippen LogP contribution in [-0.4, -0.2) is 201 Å². The van der Waals surface area contributed by atoms with E-state index in [4.69, 9.17) is 28.4 Å². The SMILES string of the molecule is CNCc1cn(-c2ccc(CCCCn3cc(CCN(C)[C@H]4C[C@@H](C)O[C@@H](O[C@@H]5[C@@H](C)[C@H](O[C@H]6C[C@@](C)(OC)[C@@H](O)[C@H](C)O6)[C@@H](C)C(=O)O[C@H](I)[C@@](C)(O)[C@H](O)[C@@H](C)N(C)C[C@H](C)C[C@@]5(C)O)[C@@H]4O)nn3)cc2)nn1. The van der Waals surface area contributed by atoms with E-state index in [-0.39, 0.29) is 24.9 Å². The highest BCUT2D eigenvalue weighted by atomic mass is 127. The van der Waals surface area contributed by atoms with Gasteiger partial charge in [-0.05, 0) is 148 Å². The number of nitrogens with zero attached hydrogens (tertiary/aromatic N) is 8. The van der Waals surface area contributed by atoms with Crippen molar-refractivity contribution >= 4 is 28.6 Å². The van der Waals surface area contributed by atoms with Crippen molar-refractivity contribution in [3.05, 3.63) is 53.6 Å². The Kier molecular flexibility index (Phi) is 21.6. The molecule has 22 heteroatoms. The second kappa shape index (κ2) is 26.4. The number of likely N-dealkylation sites (N-methyl/N-ethyl adjacent to an activating group) is 2. The summed E-state index contributed by atoms with van der Waals surface area (Å²) in [6.07, 6.45) is -0.722. The number of aliphatic hydroxyl groups is 5. The van der Waals surface area contributed by atoms with Crippen LogP contribution in [0.5, 0.6) is 0 Å². The molecule has 6 N–H and O–H groups in total. The summed E-state index contributed by atoms with van der Waals surface area (Å²) in [5.74, 6) is -2.79. The monoisotopic (exact) mass is 1170 g/mol. The number of hydrogen-bond acceptors (Lipinski definition) is 19. The molecule has 3 aliphatic heterocycles. The third-order valence-electron chi connectivity index (χ3n) is 16.0. The molecule has 0 bridgehead atoms. The Labute approximate surface area is 457 Å². The molecule has 6 rings (SSSR count). The summed E-state index contributed by atoms with van der Waals surface area (Å²) in [6, 6.07) is 7.41.